The number of pyridine rings is 2. The minimum Gasteiger partial charge on any atom is -0.465 e. The minimum atomic E-state index is -1.19. The molecule has 2 aromatic rings. The Balaban J connectivity index is 2.08. The first-order chi connectivity index (χ1) is 14.1. The second-order valence-corrected chi connectivity index (χ2v) is 6.56. The van der Waals surface area contributed by atoms with Crippen LogP contribution in [0.15, 0.2) is 49.1 Å². The number of nitrogens with zero attached hydrogens (tertiary/aromatic N) is 2. The van der Waals surface area contributed by atoms with Crippen molar-refractivity contribution in [3.05, 3.63) is 60.2 Å². The number of esters is 2. The molecule has 0 bridgehead atoms. The van der Waals surface area contributed by atoms with Crippen molar-refractivity contribution in [2.24, 2.45) is 11.8 Å². The number of hydrogen-bond donors (Lipinski definition) is 1. The van der Waals surface area contributed by atoms with E-state index < -0.39 is 41.6 Å². The van der Waals surface area contributed by atoms with Crippen LogP contribution < -0.4 is 5.32 Å². The van der Waals surface area contributed by atoms with E-state index in [4.69, 9.17) is 9.47 Å². The van der Waals surface area contributed by atoms with Crippen molar-refractivity contribution < 1.29 is 23.9 Å². The third kappa shape index (κ3) is 4.32. The van der Waals surface area contributed by atoms with Crippen LogP contribution in [0.25, 0.3) is 0 Å². The summed E-state index contributed by atoms with van der Waals surface area (Å²) < 4.78 is 10.3. The maximum atomic E-state index is 13.4. The fourth-order valence-electron chi connectivity index (χ4n) is 3.57. The summed E-state index contributed by atoms with van der Waals surface area (Å²) in [6.07, 6.45) is 6.38. The number of carbonyl (C=O) groups is 3. The third-order valence-electron chi connectivity index (χ3n) is 4.81. The molecule has 8 heteroatoms. The van der Waals surface area contributed by atoms with E-state index in [1.54, 1.807) is 62.9 Å². The van der Waals surface area contributed by atoms with Crippen molar-refractivity contribution in [1.82, 2.24) is 15.3 Å². The molecule has 1 aliphatic heterocycles. The fourth-order valence-corrected chi connectivity index (χ4v) is 3.57. The molecule has 3 rings (SSSR count). The van der Waals surface area contributed by atoms with Gasteiger partial charge in [0.25, 0.3) is 0 Å². The Labute approximate surface area is 168 Å². The van der Waals surface area contributed by atoms with Crippen LogP contribution in [0, 0.1) is 11.8 Å². The van der Waals surface area contributed by atoms with E-state index in [-0.39, 0.29) is 13.2 Å². The van der Waals surface area contributed by atoms with E-state index >= 15 is 0 Å². The van der Waals surface area contributed by atoms with Gasteiger partial charge in [0, 0.05) is 24.8 Å². The summed E-state index contributed by atoms with van der Waals surface area (Å²) in [4.78, 5) is 47.0. The number of piperidine rings is 1. The second-order valence-electron chi connectivity index (χ2n) is 6.56. The predicted octanol–water partition coefficient (Wildman–Crippen LogP) is 1.79. The summed E-state index contributed by atoms with van der Waals surface area (Å²) in [7, 11) is 0. The largest absolute Gasteiger partial charge is 0.465 e. The Morgan fingerprint density at radius 3 is 1.69 bits per heavy atom. The topological polar surface area (TPSA) is 107 Å². The highest BCUT2D eigenvalue weighted by Crippen LogP contribution is 2.39. The molecule has 1 fully saturated rings. The van der Waals surface area contributed by atoms with Gasteiger partial charge in [-0.15, -0.1) is 0 Å². The zero-order valence-corrected chi connectivity index (χ0v) is 16.3. The summed E-state index contributed by atoms with van der Waals surface area (Å²) >= 11 is 0. The van der Waals surface area contributed by atoms with Crippen molar-refractivity contribution in [3.63, 3.8) is 0 Å². The van der Waals surface area contributed by atoms with Gasteiger partial charge in [0.05, 0.1) is 25.3 Å². The lowest BCUT2D eigenvalue weighted by Crippen LogP contribution is -2.54. The maximum absolute atomic E-state index is 13.4. The van der Waals surface area contributed by atoms with Gasteiger partial charge in [0.1, 0.15) is 11.8 Å². The maximum Gasteiger partial charge on any atom is 0.318 e. The quantitative estimate of drug-likeness (QED) is 0.581. The molecule has 0 aromatic carbocycles. The van der Waals surface area contributed by atoms with Crippen LogP contribution in [-0.2, 0) is 23.9 Å². The highest BCUT2D eigenvalue weighted by molar-refractivity contribution is 6.10. The van der Waals surface area contributed by atoms with Crippen molar-refractivity contribution in [2.45, 2.75) is 25.9 Å². The molecule has 4 atom stereocenters. The highest BCUT2D eigenvalue weighted by atomic mass is 16.5. The molecule has 29 heavy (non-hydrogen) atoms. The van der Waals surface area contributed by atoms with Gasteiger partial charge in [0.15, 0.2) is 5.78 Å². The van der Waals surface area contributed by atoms with Crippen LogP contribution in [-0.4, -0.2) is 40.9 Å². The number of aromatic nitrogens is 2. The average Bonchev–Trinajstić information content (AvgIpc) is 2.74. The van der Waals surface area contributed by atoms with Crippen molar-refractivity contribution in [2.75, 3.05) is 13.2 Å². The highest BCUT2D eigenvalue weighted by Gasteiger charge is 2.52. The summed E-state index contributed by atoms with van der Waals surface area (Å²) in [5.74, 6) is -4.29. The Kier molecular flexibility index (Phi) is 6.66. The number of Topliss-reactive ketones (excluding diaryl/α,β-unsaturated/α-hetero) is 1. The van der Waals surface area contributed by atoms with E-state index in [1.807, 2.05) is 0 Å². The molecule has 0 amide bonds. The lowest BCUT2D eigenvalue weighted by atomic mass is 9.75. The molecule has 1 saturated heterocycles. The average molecular weight is 397 g/mol. The summed E-state index contributed by atoms with van der Waals surface area (Å²) in [5.41, 5.74) is 1.30. The van der Waals surface area contributed by atoms with Crippen molar-refractivity contribution in [1.29, 1.82) is 0 Å². The van der Waals surface area contributed by atoms with E-state index in [0.29, 0.717) is 11.1 Å². The van der Waals surface area contributed by atoms with Crippen LogP contribution in [0.2, 0.25) is 0 Å². The van der Waals surface area contributed by atoms with Gasteiger partial charge in [0.2, 0.25) is 0 Å². The van der Waals surface area contributed by atoms with E-state index in [0.717, 1.165) is 0 Å². The van der Waals surface area contributed by atoms with Crippen LogP contribution in [0.3, 0.4) is 0 Å². The number of hydrogen-bond acceptors (Lipinski definition) is 8. The fraction of sp³-hybridized carbons (Fsp3) is 0.381. The summed E-state index contributed by atoms with van der Waals surface area (Å²) in [6, 6.07) is 5.59. The number of rotatable bonds is 6. The Morgan fingerprint density at radius 1 is 0.897 bits per heavy atom. The van der Waals surface area contributed by atoms with Gasteiger partial charge < -0.3 is 14.8 Å². The molecule has 0 spiro atoms. The first-order valence-corrected chi connectivity index (χ1v) is 9.51. The Hall–Kier alpha value is -3.13. The first-order valence-electron chi connectivity index (χ1n) is 9.51. The second kappa shape index (κ2) is 9.38. The Bertz CT molecular complexity index is 790. The van der Waals surface area contributed by atoms with Gasteiger partial charge in [-0.2, -0.15) is 0 Å². The molecule has 0 unspecified atom stereocenters. The molecule has 0 saturated carbocycles. The molecule has 2 aromatic heterocycles. The zero-order valence-electron chi connectivity index (χ0n) is 16.3. The number of ketones is 1. The van der Waals surface area contributed by atoms with Gasteiger partial charge >= 0.3 is 11.9 Å². The Morgan fingerprint density at radius 2 is 1.34 bits per heavy atom. The van der Waals surface area contributed by atoms with Crippen LogP contribution in [0.1, 0.15) is 37.1 Å². The van der Waals surface area contributed by atoms with E-state index in [1.165, 1.54) is 0 Å². The van der Waals surface area contributed by atoms with Crippen molar-refractivity contribution in [3.8, 4) is 0 Å². The number of carbonyl (C=O) groups excluding carboxylic acids is 3. The molecule has 0 aliphatic carbocycles. The van der Waals surface area contributed by atoms with E-state index in [9.17, 15) is 14.4 Å². The van der Waals surface area contributed by atoms with Crippen molar-refractivity contribution >= 4 is 17.7 Å². The van der Waals surface area contributed by atoms with Gasteiger partial charge in [-0.25, -0.2) is 0 Å². The van der Waals surface area contributed by atoms with Gasteiger partial charge in [-0.1, -0.05) is 12.1 Å². The molecule has 1 N–H and O–H groups in total. The first kappa shape index (κ1) is 20.6. The summed E-state index contributed by atoms with van der Waals surface area (Å²) in [6.45, 7) is 3.58. The van der Waals surface area contributed by atoms with Gasteiger partial charge in [-0.3, -0.25) is 24.4 Å². The molecule has 1 aliphatic rings. The predicted molar refractivity (Wildman–Crippen MR) is 102 cm³/mol. The number of nitrogens with one attached hydrogen (secondary N) is 1. The SMILES string of the molecule is CCOC(=O)[C@@H]1C(=O)[C@@H](C(=O)OCC)[C@@H](c2cccnc2)N[C@@H]1c1cccnc1. The van der Waals surface area contributed by atoms with Crippen LogP contribution in [0.4, 0.5) is 0 Å². The molecular formula is C21H23N3O5. The standard InChI is InChI=1S/C21H23N3O5/c1-3-28-20(26)15-17(13-7-5-9-22-11-13)24-18(14-8-6-10-23-12-14)16(19(15)25)21(27)29-4-2/h5-12,15-18,24H,3-4H2,1-2H3/t15-,16-,17+,18+/m0/s1. The smallest absolute Gasteiger partial charge is 0.318 e. The normalized spacial score (nSPS) is 24.0. The zero-order chi connectivity index (χ0) is 20.8. The number of ether oxygens (including phenoxy) is 2. The molecular weight excluding hydrogens is 374 g/mol. The monoisotopic (exact) mass is 397 g/mol. The molecule has 8 nitrogen and oxygen atoms in total. The lowest BCUT2D eigenvalue weighted by molar-refractivity contribution is -0.162. The van der Waals surface area contributed by atoms with Gasteiger partial charge in [-0.05, 0) is 37.1 Å². The van der Waals surface area contributed by atoms with Crippen LogP contribution >= 0.6 is 0 Å². The molecule has 152 valence electrons. The molecule has 3 heterocycles. The third-order valence-corrected chi connectivity index (χ3v) is 4.81. The summed E-state index contributed by atoms with van der Waals surface area (Å²) in [5, 5.41) is 3.29. The lowest BCUT2D eigenvalue weighted by Gasteiger charge is -2.39. The van der Waals surface area contributed by atoms with E-state index in [2.05, 4.69) is 15.3 Å². The minimum absolute atomic E-state index is 0.123. The van der Waals surface area contributed by atoms with Crippen LogP contribution in [0.5, 0.6) is 0 Å². The molecule has 0 radical (unpaired) electrons.